The topological polar surface area (TPSA) is 399 Å². The number of H-pyrrole nitrogens is 1. The number of nitrogens with zero attached hydrogens (tertiary/aromatic N) is 4. The van der Waals surface area contributed by atoms with Crippen LogP contribution < -0.4 is 26.2 Å². The van der Waals surface area contributed by atoms with Crippen LogP contribution in [0, 0.1) is 11.8 Å². The number of amides is 1. The van der Waals surface area contributed by atoms with Gasteiger partial charge < -0.3 is 49.6 Å². The third-order valence-electron chi connectivity index (χ3n) is 15.4. The van der Waals surface area contributed by atoms with E-state index in [0.717, 1.165) is 40.1 Å². The van der Waals surface area contributed by atoms with Crippen molar-refractivity contribution in [3.63, 3.8) is 0 Å². The number of aromatic amines is 1. The van der Waals surface area contributed by atoms with Crippen LogP contribution in [-0.2, 0) is 62.0 Å². The van der Waals surface area contributed by atoms with Crippen LogP contribution in [0.2, 0.25) is 0 Å². The molecule has 10 N–H and O–H groups in total. The van der Waals surface area contributed by atoms with Crippen LogP contribution in [-0.4, -0.2) is 120 Å². The molecule has 27 nitrogen and oxygen atoms in total. The highest BCUT2D eigenvalue weighted by molar-refractivity contribution is 7.86. The van der Waals surface area contributed by atoms with Gasteiger partial charge in [0.15, 0.2) is 11.4 Å². The molecule has 3 unspecified atom stereocenters. The van der Waals surface area contributed by atoms with Crippen molar-refractivity contribution in [3.8, 4) is 17.6 Å². The predicted octanol–water partition coefficient (Wildman–Crippen LogP) is 8.20. The predicted molar refractivity (Wildman–Crippen MR) is 334 cm³/mol. The number of aromatic nitrogens is 3. The number of rotatable bonds is 23. The lowest BCUT2D eigenvalue weighted by Gasteiger charge is -2.43. The van der Waals surface area contributed by atoms with Crippen molar-refractivity contribution in [2.75, 3.05) is 42.6 Å². The molecule has 2 aromatic heterocycles. The standard InChI is InChI=1S/C58H66N7O20P3S2/c1-6-65-47-33-49-44(32-43(47)37(2)34-57(65,3)4)39(30-48(83-49)38-16-9-7-10-17-38)18-11-8-12-20-50-58(5,45-31-42(90(78,79)80)23-24-46(45)63(50)28-15-29-89(75,76)77)26-13-21-51(66)60-27-14-19-40-35-64(54-53(40)55(67)62-56(59)61-54)52-25-22-41(82-52)36-81-87(71,72)85-88(73,74)84-86(68,69)70/h7-12,16-18,20,23-24,30-35,41,52H,6,13,15,21-22,25-29,36H2,1-5H3,(H9-,59,60,61,62,66,67,68,69,70,71,72,73,74,75,76,77,78,79,80)/p+1/t41-,52+,58?/m0/s1. The average molecular weight is 1340 g/mol. The number of carbonyl (C=O) groups is 1. The summed E-state index contributed by atoms with van der Waals surface area (Å²) in [6.45, 7) is 10.4. The van der Waals surface area contributed by atoms with E-state index in [9.17, 15) is 59.0 Å². The largest absolute Gasteiger partial charge is 0.490 e. The molecule has 1 fully saturated rings. The first kappa shape index (κ1) is 67.5. The van der Waals surface area contributed by atoms with Crippen LogP contribution in [0.3, 0.4) is 0 Å². The molecule has 1 saturated heterocycles. The Bertz CT molecular complexity index is 4410. The summed E-state index contributed by atoms with van der Waals surface area (Å²) >= 11 is 0. The normalized spacial score (nSPS) is 20.9. The van der Waals surface area contributed by atoms with Gasteiger partial charge in [-0.3, -0.25) is 28.2 Å². The molecular formula is C58H67N7O20P3S2+. The van der Waals surface area contributed by atoms with Crippen LogP contribution in [0.15, 0.2) is 119 Å². The molecule has 32 heteroatoms. The highest BCUT2D eigenvalue weighted by Gasteiger charge is 2.48. The molecule has 1 amide bonds. The van der Waals surface area contributed by atoms with E-state index in [4.69, 9.17) is 29.5 Å². The Hall–Kier alpha value is -6.93. The summed E-state index contributed by atoms with van der Waals surface area (Å²) in [5, 5.41) is 2.75. The quantitative estimate of drug-likeness (QED) is 0.00977. The van der Waals surface area contributed by atoms with Crippen molar-refractivity contribution in [2.45, 2.75) is 101 Å². The van der Waals surface area contributed by atoms with E-state index in [2.05, 4.69) is 86.6 Å². The average Bonchev–Trinajstić information content (AvgIpc) is 1.42. The minimum absolute atomic E-state index is 0.00444. The first-order valence-electron chi connectivity index (χ1n) is 28.1. The van der Waals surface area contributed by atoms with Gasteiger partial charge in [-0.05, 0) is 95.7 Å². The maximum Gasteiger partial charge on any atom is 0.490 e. The fraction of sp³-hybridized carbons (Fsp3) is 0.345. The second kappa shape index (κ2) is 26.4. The molecule has 0 aliphatic carbocycles. The lowest BCUT2D eigenvalue weighted by Crippen LogP contribution is -2.44. The number of hydrogen-bond donors (Lipinski definition) is 9. The lowest BCUT2D eigenvalue weighted by molar-refractivity contribution is -0.437. The Balaban J connectivity index is 0.933. The maximum atomic E-state index is 13.5. The zero-order valence-corrected chi connectivity index (χ0v) is 53.6. The number of hydrogen-bond acceptors (Lipinski definition) is 17. The van der Waals surface area contributed by atoms with Gasteiger partial charge in [0.05, 0.1) is 51.8 Å². The van der Waals surface area contributed by atoms with Gasteiger partial charge in [-0.25, -0.2) is 13.7 Å². The molecule has 3 aromatic carbocycles. The van der Waals surface area contributed by atoms with Gasteiger partial charge in [-0.15, -0.1) is 0 Å². The van der Waals surface area contributed by atoms with Crippen molar-refractivity contribution >= 4 is 101 Å². The number of phosphoric ester groups is 1. The Labute approximate surface area is 518 Å². The molecule has 4 aliphatic rings. The number of allylic oxidation sites excluding steroid dienone is 8. The maximum absolute atomic E-state index is 13.5. The summed E-state index contributed by atoms with van der Waals surface area (Å²) in [4.78, 5) is 72.4. The molecule has 5 aromatic rings. The second-order valence-corrected chi connectivity index (χ2v) is 29.7. The fourth-order valence-corrected chi connectivity index (χ4v) is 15.7. The van der Waals surface area contributed by atoms with Gasteiger partial charge >= 0.3 is 23.5 Å². The molecule has 0 radical (unpaired) electrons. The number of anilines is 2. The highest BCUT2D eigenvalue weighted by Crippen LogP contribution is 2.66. The van der Waals surface area contributed by atoms with Crippen molar-refractivity contribution in [1.29, 1.82) is 0 Å². The van der Waals surface area contributed by atoms with Crippen molar-refractivity contribution in [2.24, 2.45) is 0 Å². The summed E-state index contributed by atoms with van der Waals surface area (Å²) in [7, 11) is -25.9. The van der Waals surface area contributed by atoms with Gasteiger partial charge in [0, 0.05) is 71.7 Å². The van der Waals surface area contributed by atoms with Crippen molar-refractivity contribution in [3.05, 3.63) is 148 Å². The van der Waals surface area contributed by atoms with Gasteiger partial charge in [-0.2, -0.15) is 35.0 Å². The molecule has 0 spiro atoms. The minimum atomic E-state index is -5.76. The number of fused-ring (bicyclic) bond motifs is 4. The first-order chi connectivity index (χ1) is 42.1. The monoisotopic (exact) mass is 1340 g/mol. The first-order valence-corrected chi connectivity index (χ1v) is 35.7. The van der Waals surface area contributed by atoms with E-state index in [1.165, 1.54) is 29.0 Å². The van der Waals surface area contributed by atoms with E-state index in [0.29, 0.717) is 28.5 Å². The smallest absolute Gasteiger partial charge is 0.456 e. The summed E-state index contributed by atoms with van der Waals surface area (Å²) in [6, 6.07) is 18.1. The molecule has 0 saturated carbocycles. The molecule has 6 heterocycles. The summed E-state index contributed by atoms with van der Waals surface area (Å²) < 4.78 is 132. The molecule has 480 valence electrons. The van der Waals surface area contributed by atoms with Crippen molar-refractivity contribution in [1.82, 2.24) is 19.9 Å². The summed E-state index contributed by atoms with van der Waals surface area (Å²) in [6.07, 6.45) is 13.8. The number of ether oxygens (including phenoxy) is 2. The number of phosphoric acid groups is 3. The van der Waals surface area contributed by atoms with E-state index in [1.54, 1.807) is 6.08 Å². The van der Waals surface area contributed by atoms with E-state index < -0.39 is 85.3 Å². The zero-order valence-electron chi connectivity index (χ0n) is 49.2. The summed E-state index contributed by atoms with van der Waals surface area (Å²) in [5.41, 5.74) is 11.7. The second-order valence-electron chi connectivity index (χ2n) is 22.3. The van der Waals surface area contributed by atoms with Crippen LogP contribution >= 0.6 is 23.5 Å². The Morgan fingerprint density at radius 1 is 0.967 bits per heavy atom. The third-order valence-corrected chi connectivity index (χ3v) is 20.9. The van der Waals surface area contributed by atoms with E-state index in [1.807, 2.05) is 72.2 Å². The third kappa shape index (κ3) is 15.9. The van der Waals surface area contributed by atoms with Gasteiger partial charge in [0.2, 0.25) is 17.5 Å². The van der Waals surface area contributed by atoms with Gasteiger partial charge in [0.1, 0.15) is 24.3 Å². The molecular weight excluding hydrogens is 1270 g/mol. The van der Waals surface area contributed by atoms with E-state index >= 15 is 0 Å². The summed E-state index contributed by atoms with van der Waals surface area (Å²) in [5.74, 6) is 5.79. The molecule has 0 bridgehead atoms. The number of likely N-dealkylation sites (N-methyl/N-ethyl adjacent to an activating group) is 1. The molecule has 4 aliphatic heterocycles. The van der Waals surface area contributed by atoms with Gasteiger partial charge in [-0.1, -0.05) is 72.6 Å². The SMILES string of the molecule is CCN1c2cc3c(cc2C(C)=CC1(C)C)C(=CC=CC=CC1=[N+](CCCS(=O)(=O)O)c2ccc(S(=O)(=O)O)cc2C1(C)CCCC(=O)NCC#Cc1cn([C@H]2CC[C@@H](COP(=O)(O)OP(=O)(O)OP(=O)(O)O)O2)c2nc(N)[nH]c(=O)c12)C=C(c1ccccc1)O3. The number of nitrogen functional groups attached to an aromatic ring is 1. The van der Waals surface area contributed by atoms with E-state index in [-0.39, 0.29) is 84.6 Å². The highest BCUT2D eigenvalue weighted by atomic mass is 32.2. The zero-order chi connectivity index (χ0) is 65.4. The van der Waals surface area contributed by atoms with Crippen LogP contribution in [0.1, 0.15) is 107 Å². The van der Waals surface area contributed by atoms with Crippen LogP contribution in [0.5, 0.6) is 5.75 Å². The Morgan fingerprint density at radius 3 is 2.41 bits per heavy atom. The number of nitrogens with two attached hydrogens (primary N) is 1. The number of benzene rings is 3. The lowest BCUT2D eigenvalue weighted by atomic mass is 9.75. The molecule has 9 rings (SSSR count). The van der Waals surface area contributed by atoms with Gasteiger partial charge in [0.25, 0.3) is 25.8 Å². The minimum Gasteiger partial charge on any atom is -0.456 e. The number of carbonyl (C=O) groups excluding carboxylic acids is 1. The Kier molecular flexibility index (Phi) is 19.8. The molecule has 5 atom stereocenters. The fourth-order valence-electron chi connectivity index (χ4n) is 11.7. The molecule has 90 heavy (non-hydrogen) atoms. The van der Waals surface area contributed by atoms with Crippen LogP contribution in [0.4, 0.5) is 17.3 Å². The van der Waals surface area contributed by atoms with Crippen LogP contribution in [0.25, 0.3) is 27.9 Å². The number of nitrogens with one attached hydrogen (secondary N) is 2. The Morgan fingerprint density at radius 2 is 1.71 bits per heavy atom. The van der Waals surface area contributed by atoms with Crippen molar-refractivity contribution < 1.29 is 91.2 Å².